The van der Waals surface area contributed by atoms with Crippen molar-refractivity contribution in [1.82, 2.24) is 14.9 Å². The molecule has 10 heteroatoms. The van der Waals surface area contributed by atoms with E-state index in [0.717, 1.165) is 22.4 Å². The molecule has 0 spiro atoms. The minimum Gasteiger partial charge on any atom is -0.302 e. The molecule has 1 aromatic carbocycles. The topological polar surface area (TPSA) is 92.3 Å². The van der Waals surface area contributed by atoms with Crippen molar-refractivity contribution in [1.29, 1.82) is 0 Å². The zero-order valence-corrected chi connectivity index (χ0v) is 22.0. The SMILES string of the molecule is Cc1cnc([C@H](C)N2Cc3sc(NC(=O)Cc4ccc(S(C)(=O)=O)cc4)nc3[C@@H]2C(C)C)c(F)c1. The second kappa shape index (κ2) is 9.75. The van der Waals surface area contributed by atoms with Crippen LogP contribution in [0.4, 0.5) is 9.52 Å². The molecular weight excluding hydrogens is 487 g/mol. The maximum Gasteiger partial charge on any atom is 0.230 e. The lowest BCUT2D eigenvalue weighted by Crippen LogP contribution is -2.30. The Kier molecular flexibility index (Phi) is 7.08. The van der Waals surface area contributed by atoms with Gasteiger partial charge >= 0.3 is 0 Å². The summed E-state index contributed by atoms with van der Waals surface area (Å²) < 4.78 is 37.9. The number of carbonyl (C=O) groups excluding carboxylic acids is 1. The van der Waals surface area contributed by atoms with Crippen LogP contribution in [-0.2, 0) is 27.6 Å². The third kappa shape index (κ3) is 5.44. The minimum atomic E-state index is -3.28. The molecule has 1 aliphatic heterocycles. The van der Waals surface area contributed by atoms with Crippen LogP contribution < -0.4 is 5.32 Å². The predicted octanol–water partition coefficient (Wildman–Crippen LogP) is 4.84. The lowest BCUT2D eigenvalue weighted by atomic mass is 9.99. The van der Waals surface area contributed by atoms with Gasteiger partial charge in [0.25, 0.3) is 0 Å². The first kappa shape index (κ1) is 25.4. The highest BCUT2D eigenvalue weighted by molar-refractivity contribution is 7.90. The summed E-state index contributed by atoms with van der Waals surface area (Å²) in [5.74, 6) is -0.297. The molecule has 1 amide bonds. The molecule has 3 heterocycles. The number of aromatic nitrogens is 2. The van der Waals surface area contributed by atoms with Gasteiger partial charge in [0.2, 0.25) is 5.91 Å². The number of aryl methyl sites for hydroxylation is 1. The van der Waals surface area contributed by atoms with Crippen LogP contribution >= 0.6 is 11.3 Å². The molecule has 7 nitrogen and oxygen atoms in total. The summed E-state index contributed by atoms with van der Waals surface area (Å²) in [6.45, 7) is 8.60. The van der Waals surface area contributed by atoms with Crippen molar-refractivity contribution in [3.63, 3.8) is 0 Å². The van der Waals surface area contributed by atoms with Gasteiger partial charge in [0.1, 0.15) is 5.82 Å². The zero-order valence-electron chi connectivity index (χ0n) is 20.4. The first-order valence-corrected chi connectivity index (χ1v) is 14.1. The van der Waals surface area contributed by atoms with Crippen LogP contribution in [0.15, 0.2) is 41.4 Å². The maximum absolute atomic E-state index is 14.6. The first-order valence-electron chi connectivity index (χ1n) is 11.4. The standard InChI is InChI=1S/C25H29FN4O3S2/c1-14(2)24-23-20(13-30(24)16(4)22-19(26)10-15(3)12-27-22)34-25(29-23)28-21(31)11-17-6-8-18(9-7-17)35(5,32)33/h6-10,12,14,16,24H,11,13H2,1-5H3,(H,28,29,31)/t16-,24-/m0/s1. The van der Waals surface area contributed by atoms with Crippen molar-refractivity contribution in [2.45, 2.75) is 57.6 Å². The van der Waals surface area contributed by atoms with E-state index in [9.17, 15) is 17.6 Å². The number of nitrogens with one attached hydrogen (secondary N) is 1. The first-order chi connectivity index (χ1) is 16.4. The van der Waals surface area contributed by atoms with Crippen molar-refractivity contribution in [2.24, 2.45) is 5.92 Å². The van der Waals surface area contributed by atoms with Crippen molar-refractivity contribution < 1.29 is 17.6 Å². The second-order valence-corrected chi connectivity index (χ2v) is 12.5. The molecule has 0 radical (unpaired) electrons. The van der Waals surface area contributed by atoms with Crippen LogP contribution in [0.3, 0.4) is 0 Å². The van der Waals surface area contributed by atoms with Crippen LogP contribution in [0.5, 0.6) is 0 Å². The van der Waals surface area contributed by atoms with Crippen molar-refractivity contribution in [2.75, 3.05) is 11.6 Å². The molecule has 2 atom stereocenters. The molecule has 0 bridgehead atoms. The van der Waals surface area contributed by atoms with E-state index >= 15 is 0 Å². The number of carbonyl (C=O) groups is 1. The molecule has 1 N–H and O–H groups in total. The summed E-state index contributed by atoms with van der Waals surface area (Å²) >= 11 is 1.43. The number of benzene rings is 1. The highest BCUT2D eigenvalue weighted by atomic mass is 32.2. The van der Waals surface area contributed by atoms with Gasteiger partial charge in [-0.3, -0.25) is 14.7 Å². The molecule has 4 rings (SSSR count). The molecule has 0 aliphatic carbocycles. The Morgan fingerprint density at radius 2 is 1.94 bits per heavy atom. The maximum atomic E-state index is 14.6. The second-order valence-electron chi connectivity index (χ2n) is 9.39. The summed E-state index contributed by atoms with van der Waals surface area (Å²) in [5, 5.41) is 3.41. The molecule has 0 unspecified atom stereocenters. The van der Waals surface area contributed by atoms with Gasteiger partial charge in [-0.05, 0) is 49.1 Å². The number of hydrogen-bond donors (Lipinski definition) is 1. The Hall–Kier alpha value is -2.69. The van der Waals surface area contributed by atoms with Gasteiger partial charge < -0.3 is 5.32 Å². The molecule has 0 saturated carbocycles. The summed E-state index contributed by atoms with van der Waals surface area (Å²) in [6, 6.07) is 7.56. The number of sulfone groups is 1. The number of anilines is 1. The van der Waals surface area contributed by atoms with Crippen LogP contribution in [0.1, 0.15) is 60.2 Å². The lowest BCUT2D eigenvalue weighted by Gasteiger charge is -2.32. The van der Waals surface area contributed by atoms with Gasteiger partial charge in [-0.25, -0.2) is 17.8 Å². The van der Waals surface area contributed by atoms with Crippen LogP contribution in [0, 0.1) is 18.7 Å². The minimum absolute atomic E-state index is 0.0204. The summed E-state index contributed by atoms with van der Waals surface area (Å²) in [7, 11) is -3.28. The van der Waals surface area contributed by atoms with Gasteiger partial charge in [0.15, 0.2) is 15.0 Å². The molecule has 2 aromatic heterocycles. The van der Waals surface area contributed by atoms with Gasteiger partial charge in [0.05, 0.1) is 34.8 Å². The fourth-order valence-electron chi connectivity index (χ4n) is 4.47. The molecule has 35 heavy (non-hydrogen) atoms. The lowest BCUT2D eigenvalue weighted by molar-refractivity contribution is -0.115. The van der Waals surface area contributed by atoms with Gasteiger partial charge in [-0.2, -0.15) is 0 Å². The van der Waals surface area contributed by atoms with E-state index in [-0.39, 0.29) is 41.0 Å². The monoisotopic (exact) mass is 516 g/mol. The van der Waals surface area contributed by atoms with Crippen molar-refractivity contribution in [3.05, 3.63) is 69.7 Å². The average Bonchev–Trinajstić information content (AvgIpc) is 3.29. The Morgan fingerprint density at radius 3 is 2.54 bits per heavy atom. The van der Waals surface area contributed by atoms with Crippen molar-refractivity contribution >= 4 is 32.2 Å². The molecule has 0 saturated heterocycles. The van der Waals surface area contributed by atoms with E-state index in [4.69, 9.17) is 4.98 Å². The van der Waals surface area contributed by atoms with Crippen molar-refractivity contribution in [3.8, 4) is 0 Å². The normalized spacial score (nSPS) is 16.9. The average molecular weight is 517 g/mol. The Labute approximate surface area is 209 Å². The van der Waals surface area contributed by atoms with E-state index in [1.165, 1.54) is 29.5 Å². The third-order valence-electron chi connectivity index (χ3n) is 6.18. The van der Waals surface area contributed by atoms with Crippen LogP contribution in [0.2, 0.25) is 0 Å². The summed E-state index contributed by atoms with van der Waals surface area (Å²) in [4.78, 5) is 25.2. The van der Waals surface area contributed by atoms with E-state index in [1.807, 2.05) is 13.8 Å². The van der Waals surface area contributed by atoms with Gasteiger partial charge in [-0.15, -0.1) is 11.3 Å². The Balaban J connectivity index is 1.47. The number of pyridine rings is 1. The smallest absolute Gasteiger partial charge is 0.230 e. The number of halogens is 1. The van der Waals surface area contributed by atoms with Gasteiger partial charge in [-0.1, -0.05) is 26.0 Å². The Bertz CT molecular complexity index is 1350. The molecule has 3 aromatic rings. The van der Waals surface area contributed by atoms with Gasteiger partial charge in [0, 0.05) is 23.9 Å². The Morgan fingerprint density at radius 1 is 1.26 bits per heavy atom. The molecule has 0 fully saturated rings. The largest absolute Gasteiger partial charge is 0.302 e. The quantitative estimate of drug-likeness (QED) is 0.483. The van der Waals surface area contributed by atoms with Crippen LogP contribution in [0.25, 0.3) is 0 Å². The van der Waals surface area contributed by atoms with E-state index in [2.05, 4.69) is 29.0 Å². The highest BCUT2D eigenvalue weighted by Gasteiger charge is 2.39. The van der Waals surface area contributed by atoms with E-state index < -0.39 is 9.84 Å². The number of thiazole rings is 1. The molecular formula is C25H29FN4O3S2. The zero-order chi connectivity index (χ0) is 25.5. The molecule has 1 aliphatic rings. The fraction of sp³-hybridized carbons (Fsp3) is 0.400. The third-order valence-corrected chi connectivity index (χ3v) is 8.28. The highest BCUT2D eigenvalue weighted by Crippen LogP contribution is 2.46. The number of rotatable bonds is 7. The number of amides is 1. The number of nitrogens with zero attached hydrogens (tertiary/aromatic N) is 3. The fourth-order valence-corrected chi connectivity index (χ4v) is 6.13. The summed E-state index contributed by atoms with van der Waals surface area (Å²) in [6.07, 6.45) is 2.95. The van der Waals surface area contributed by atoms with E-state index in [1.54, 1.807) is 18.3 Å². The number of hydrogen-bond acceptors (Lipinski definition) is 7. The van der Waals surface area contributed by atoms with E-state index in [0.29, 0.717) is 22.9 Å². The summed E-state index contributed by atoms with van der Waals surface area (Å²) in [5.41, 5.74) is 2.84. The predicted molar refractivity (Wildman–Crippen MR) is 134 cm³/mol. The number of fused-ring (bicyclic) bond motifs is 1. The van der Waals surface area contributed by atoms with Crippen LogP contribution in [-0.4, -0.2) is 35.4 Å². The molecule has 186 valence electrons.